The summed E-state index contributed by atoms with van der Waals surface area (Å²) in [5, 5.41) is 0. The van der Waals surface area contributed by atoms with Crippen LogP contribution in [0.25, 0.3) is 5.65 Å². The number of fused-ring (bicyclic) bond motifs is 1. The molecule has 0 saturated heterocycles. The van der Waals surface area contributed by atoms with Crippen molar-refractivity contribution in [2.75, 3.05) is 6.54 Å². The molecule has 1 unspecified atom stereocenters. The van der Waals surface area contributed by atoms with Crippen molar-refractivity contribution in [2.45, 2.75) is 77.3 Å². The van der Waals surface area contributed by atoms with Crippen LogP contribution in [0.3, 0.4) is 0 Å². The van der Waals surface area contributed by atoms with E-state index in [1.165, 1.54) is 32.1 Å². The Bertz CT molecular complexity index is 806. The van der Waals surface area contributed by atoms with E-state index in [0.29, 0.717) is 11.8 Å². The quantitative estimate of drug-likeness (QED) is 0.577. The molecule has 0 N–H and O–H groups in total. The molecule has 1 fully saturated rings. The summed E-state index contributed by atoms with van der Waals surface area (Å²) in [6.07, 6.45) is 9.93. The van der Waals surface area contributed by atoms with Crippen molar-refractivity contribution in [3.05, 3.63) is 35.8 Å². The van der Waals surface area contributed by atoms with Crippen LogP contribution < -0.4 is 0 Å². The molecule has 0 aromatic carbocycles. The van der Waals surface area contributed by atoms with E-state index < -0.39 is 5.60 Å². The Labute approximate surface area is 173 Å². The SMILES string of the molecule is CC(c1ccc2nc(CCl)cn2c1)N(CC1CCCCC1)C(=O)OC(C)(C)C. The number of amides is 1. The third kappa shape index (κ3) is 5.19. The number of hydrogen-bond acceptors (Lipinski definition) is 3. The molecule has 5 nitrogen and oxygen atoms in total. The summed E-state index contributed by atoms with van der Waals surface area (Å²) in [6.45, 7) is 8.57. The van der Waals surface area contributed by atoms with Crippen LogP contribution in [0.5, 0.6) is 0 Å². The molecule has 1 aliphatic rings. The standard InChI is InChI=1S/C22H32ClN3O2/c1-16(18-10-11-20-24-19(12-23)15-25(20)14-18)26(21(27)28-22(2,3)4)13-17-8-6-5-7-9-17/h10-11,14-17H,5-9,12-13H2,1-4H3. The number of hydrogen-bond donors (Lipinski definition) is 0. The summed E-state index contributed by atoms with van der Waals surface area (Å²) < 4.78 is 7.73. The Morgan fingerprint density at radius 3 is 2.64 bits per heavy atom. The number of carbonyl (C=O) groups is 1. The minimum atomic E-state index is -0.509. The minimum Gasteiger partial charge on any atom is -0.444 e. The molecule has 0 radical (unpaired) electrons. The molecule has 154 valence electrons. The van der Waals surface area contributed by atoms with Gasteiger partial charge in [-0.15, -0.1) is 11.6 Å². The second kappa shape index (κ2) is 8.73. The molecule has 1 atom stereocenters. The lowest BCUT2D eigenvalue weighted by Crippen LogP contribution is -2.41. The summed E-state index contributed by atoms with van der Waals surface area (Å²) in [5.74, 6) is 0.932. The van der Waals surface area contributed by atoms with Crippen molar-refractivity contribution >= 4 is 23.3 Å². The number of pyridine rings is 1. The van der Waals surface area contributed by atoms with Crippen molar-refractivity contribution in [1.82, 2.24) is 14.3 Å². The highest BCUT2D eigenvalue weighted by molar-refractivity contribution is 6.16. The summed E-state index contributed by atoms with van der Waals surface area (Å²) in [5.41, 5.74) is 2.26. The molecule has 3 rings (SSSR count). The van der Waals surface area contributed by atoms with Crippen molar-refractivity contribution in [3.63, 3.8) is 0 Å². The number of rotatable bonds is 5. The summed E-state index contributed by atoms with van der Waals surface area (Å²) >= 11 is 5.92. The van der Waals surface area contributed by atoms with E-state index in [9.17, 15) is 4.79 Å². The Morgan fingerprint density at radius 2 is 2.00 bits per heavy atom. The molecule has 1 saturated carbocycles. The van der Waals surface area contributed by atoms with E-state index >= 15 is 0 Å². The zero-order chi connectivity index (χ0) is 20.3. The Morgan fingerprint density at radius 1 is 1.29 bits per heavy atom. The van der Waals surface area contributed by atoms with Crippen LogP contribution in [0.4, 0.5) is 4.79 Å². The fraction of sp³-hybridized carbons (Fsp3) is 0.636. The highest BCUT2D eigenvalue weighted by Crippen LogP contribution is 2.30. The number of imidazole rings is 1. The van der Waals surface area contributed by atoms with Gasteiger partial charge in [-0.3, -0.25) is 0 Å². The molecule has 2 aromatic heterocycles. The predicted octanol–water partition coefficient (Wildman–Crippen LogP) is 5.95. The first-order chi connectivity index (χ1) is 13.3. The maximum absolute atomic E-state index is 13.0. The predicted molar refractivity (Wildman–Crippen MR) is 113 cm³/mol. The largest absolute Gasteiger partial charge is 0.444 e. The highest BCUT2D eigenvalue weighted by Gasteiger charge is 2.30. The highest BCUT2D eigenvalue weighted by atomic mass is 35.5. The molecule has 0 bridgehead atoms. The smallest absolute Gasteiger partial charge is 0.410 e. The van der Waals surface area contributed by atoms with Crippen LogP contribution in [0.15, 0.2) is 24.5 Å². The lowest BCUT2D eigenvalue weighted by atomic mass is 9.88. The Hall–Kier alpha value is -1.75. The summed E-state index contributed by atoms with van der Waals surface area (Å²) in [6, 6.07) is 3.95. The van der Waals surface area contributed by atoms with E-state index in [1.54, 1.807) is 0 Å². The van der Waals surface area contributed by atoms with Crippen LogP contribution >= 0.6 is 11.6 Å². The molecule has 0 aliphatic heterocycles. The van der Waals surface area contributed by atoms with E-state index in [2.05, 4.69) is 11.9 Å². The third-order valence-electron chi connectivity index (χ3n) is 5.42. The second-order valence-corrected chi connectivity index (χ2v) is 9.17. The number of alkyl halides is 1. The fourth-order valence-corrected chi connectivity index (χ4v) is 4.04. The van der Waals surface area contributed by atoms with Crippen LogP contribution in [0.2, 0.25) is 0 Å². The van der Waals surface area contributed by atoms with Gasteiger partial charge in [0.25, 0.3) is 0 Å². The maximum Gasteiger partial charge on any atom is 0.410 e. The molecule has 2 heterocycles. The average Bonchev–Trinajstić information content (AvgIpc) is 3.07. The summed E-state index contributed by atoms with van der Waals surface area (Å²) in [7, 11) is 0. The molecular weight excluding hydrogens is 374 g/mol. The van der Waals surface area contributed by atoms with Crippen molar-refractivity contribution in [3.8, 4) is 0 Å². The normalized spacial score (nSPS) is 16.9. The van der Waals surface area contributed by atoms with Crippen LogP contribution in [0.1, 0.15) is 77.1 Å². The Kier molecular flexibility index (Phi) is 6.54. The maximum atomic E-state index is 13.0. The van der Waals surface area contributed by atoms with Crippen LogP contribution in [0, 0.1) is 5.92 Å². The van der Waals surface area contributed by atoms with Gasteiger partial charge < -0.3 is 14.0 Å². The Balaban J connectivity index is 1.85. The van der Waals surface area contributed by atoms with Crippen molar-refractivity contribution in [1.29, 1.82) is 0 Å². The molecule has 0 spiro atoms. The topological polar surface area (TPSA) is 46.8 Å². The third-order valence-corrected chi connectivity index (χ3v) is 5.69. The number of carbonyl (C=O) groups excluding carboxylic acids is 1. The molecule has 28 heavy (non-hydrogen) atoms. The van der Waals surface area contributed by atoms with Crippen LogP contribution in [-0.4, -0.2) is 32.5 Å². The van der Waals surface area contributed by atoms with Gasteiger partial charge in [-0.25, -0.2) is 9.78 Å². The number of halogens is 1. The zero-order valence-electron chi connectivity index (χ0n) is 17.4. The second-order valence-electron chi connectivity index (χ2n) is 8.91. The van der Waals surface area contributed by atoms with Crippen molar-refractivity contribution < 1.29 is 9.53 Å². The number of ether oxygens (including phenoxy) is 1. The van der Waals surface area contributed by atoms with E-state index in [4.69, 9.17) is 16.3 Å². The molecule has 1 aliphatic carbocycles. The lowest BCUT2D eigenvalue weighted by Gasteiger charge is -2.35. The van der Waals surface area contributed by atoms with E-state index in [-0.39, 0.29) is 12.1 Å². The lowest BCUT2D eigenvalue weighted by molar-refractivity contribution is 0.0123. The van der Waals surface area contributed by atoms with Gasteiger partial charge in [-0.05, 0) is 58.1 Å². The monoisotopic (exact) mass is 405 g/mol. The van der Waals surface area contributed by atoms with Crippen LogP contribution in [-0.2, 0) is 10.6 Å². The van der Waals surface area contributed by atoms with Gasteiger partial charge in [0.1, 0.15) is 11.2 Å². The van der Waals surface area contributed by atoms with E-state index in [0.717, 1.165) is 23.4 Å². The molecular formula is C22H32ClN3O2. The van der Waals surface area contributed by atoms with Gasteiger partial charge in [-0.2, -0.15) is 0 Å². The van der Waals surface area contributed by atoms with Gasteiger partial charge in [0.05, 0.1) is 17.6 Å². The molecule has 6 heteroatoms. The first-order valence-electron chi connectivity index (χ1n) is 10.3. The van der Waals surface area contributed by atoms with E-state index in [1.807, 2.05) is 54.6 Å². The zero-order valence-corrected chi connectivity index (χ0v) is 18.2. The fourth-order valence-electron chi connectivity index (χ4n) is 3.91. The van der Waals surface area contributed by atoms with Gasteiger partial charge in [-0.1, -0.05) is 25.3 Å². The van der Waals surface area contributed by atoms with Gasteiger partial charge in [0, 0.05) is 18.9 Å². The summed E-state index contributed by atoms with van der Waals surface area (Å²) in [4.78, 5) is 19.4. The molecule has 1 amide bonds. The van der Waals surface area contributed by atoms with Gasteiger partial charge >= 0.3 is 6.09 Å². The first-order valence-corrected chi connectivity index (χ1v) is 10.8. The molecule has 2 aromatic rings. The number of nitrogens with zero attached hydrogens (tertiary/aromatic N) is 3. The van der Waals surface area contributed by atoms with Crippen molar-refractivity contribution in [2.24, 2.45) is 5.92 Å². The average molecular weight is 406 g/mol. The number of aromatic nitrogens is 2. The van der Waals surface area contributed by atoms with Gasteiger partial charge in [0.2, 0.25) is 0 Å². The first kappa shape index (κ1) is 21.0. The minimum absolute atomic E-state index is 0.0805. The van der Waals surface area contributed by atoms with Gasteiger partial charge in [0.15, 0.2) is 0 Å².